The number of rotatable bonds is 4. The van der Waals surface area contributed by atoms with Crippen molar-refractivity contribution in [2.75, 3.05) is 38.5 Å². The van der Waals surface area contributed by atoms with Gasteiger partial charge in [0.1, 0.15) is 0 Å². The van der Waals surface area contributed by atoms with Gasteiger partial charge in [-0.25, -0.2) is 8.42 Å². The van der Waals surface area contributed by atoms with E-state index in [4.69, 9.17) is 0 Å². The van der Waals surface area contributed by atoms with Crippen molar-refractivity contribution in [1.82, 2.24) is 10.2 Å². The van der Waals surface area contributed by atoms with Crippen molar-refractivity contribution in [3.8, 4) is 0 Å². The van der Waals surface area contributed by atoms with Gasteiger partial charge in [-0.3, -0.25) is 0 Å². The standard InChI is InChI=1S/C11H22N2O2S/c1-9(2)16(14,15)4-3-13-7-10-5-12-6-11(10)8-13/h9-12H,3-8H2,1-2H3/t10-,11+. The van der Waals surface area contributed by atoms with Crippen LogP contribution in [0.15, 0.2) is 0 Å². The molecule has 2 heterocycles. The minimum absolute atomic E-state index is 0.240. The summed E-state index contributed by atoms with van der Waals surface area (Å²) in [5, 5.41) is 3.15. The van der Waals surface area contributed by atoms with Gasteiger partial charge in [-0.1, -0.05) is 0 Å². The van der Waals surface area contributed by atoms with E-state index in [9.17, 15) is 8.42 Å². The molecule has 2 aliphatic rings. The molecule has 2 rings (SSSR count). The Kier molecular flexibility index (Phi) is 3.56. The van der Waals surface area contributed by atoms with Crippen molar-refractivity contribution in [2.45, 2.75) is 19.1 Å². The number of sulfone groups is 1. The molecule has 0 radical (unpaired) electrons. The lowest BCUT2D eigenvalue weighted by molar-refractivity contribution is 0.331. The van der Waals surface area contributed by atoms with Crippen LogP contribution in [-0.4, -0.2) is 57.0 Å². The van der Waals surface area contributed by atoms with Gasteiger partial charge < -0.3 is 10.2 Å². The lowest BCUT2D eigenvalue weighted by atomic mass is 10.0. The Morgan fingerprint density at radius 3 is 2.31 bits per heavy atom. The zero-order valence-electron chi connectivity index (χ0n) is 10.1. The van der Waals surface area contributed by atoms with Gasteiger partial charge in [0.2, 0.25) is 0 Å². The summed E-state index contributed by atoms with van der Waals surface area (Å²) in [6.45, 7) is 8.61. The number of hydrogen-bond donors (Lipinski definition) is 1. The molecule has 2 atom stereocenters. The third kappa shape index (κ3) is 2.57. The van der Waals surface area contributed by atoms with Gasteiger partial charge in [0.25, 0.3) is 0 Å². The first-order valence-electron chi connectivity index (χ1n) is 6.13. The quantitative estimate of drug-likeness (QED) is 0.756. The summed E-state index contributed by atoms with van der Waals surface area (Å²) in [6.07, 6.45) is 0. The Hall–Kier alpha value is -0.130. The Labute approximate surface area is 98.3 Å². The van der Waals surface area contributed by atoms with Crippen LogP contribution in [0.4, 0.5) is 0 Å². The van der Waals surface area contributed by atoms with Crippen LogP contribution >= 0.6 is 0 Å². The average molecular weight is 246 g/mol. The molecule has 0 amide bonds. The molecular formula is C11H22N2O2S. The molecule has 5 heteroatoms. The van der Waals surface area contributed by atoms with Gasteiger partial charge in [0.05, 0.1) is 11.0 Å². The number of hydrogen-bond acceptors (Lipinski definition) is 4. The zero-order valence-corrected chi connectivity index (χ0v) is 11.0. The highest BCUT2D eigenvalue weighted by molar-refractivity contribution is 7.92. The largest absolute Gasteiger partial charge is 0.316 e. The lowest BCUT2D eigenvalue weighted by Crippen LogP contribution is -2.32. The van der Waals surface area contributed by atoms with E-state index >= 15 is 0 Å². The monoisotopic (exact) mass is 246 g/mol. The molecule has 0 unspecified atom stereocenters. The summed E-state index contributed by atoms with van der Waals surface area (Å²) in [6, 6.07) is 0. The van der Waals surface area contributed by atoms with E-state index in [1.807, 2.05) is 0 Å². The van der Waals surface area contributed by atoms with Gasteiger partial charge in [-0.15, -0.1) is 0 Å². The van der Waals surface area contributed by atoms with Crippen LogP contribution in [0.2, 0.25) is 0 Å². The molecule has 1 N–H and O–H groups in total. The zero-order chi connectivity index (χ0) is 11.8. The van der Waals surface area contributed by atoms with Gasteiger partial charge >= 0.3 is 0 Å². The van der Waals surface area contributed by atoms with Crippen LogP contribution in [-0.2, 0) is 9.84 Å². The average Bonchev–Trinajstić information content (AvgIpc) is 2.73. The SMILES string of the molecule is CC(C)S(=O)(=O)CCN1C[C@H]2CNC[C@H]2C1. The summed E-state index contributed by atoms with van der Waals surface area (Å²) in [5.41, 5.74) is 0. The highest BCUT2D eigenvalue weighted by Crippen LogP contribution is 2.25. The molecule has 4 nitrogen and oxygen atoms in total. The van der Waals surface area contributed by atoms with Gasteiger partial charge in [0, 0.05) is 19.6 Å². The van der Waals surface area contributed by atoms with Crippen molar-refractivity contribution in [2.24, 2.45) is 11.8 Å². The van der Waals surface area contributed by atoms with Crippen molar-refractivity contribution in [3.63, 3.8) is 0 Å². The van der Waals surface area contributed by atoms with Crippen LogP contribution in [0, 0.1) is 11.8 Å². The van der Waals surface area contributed by atoms with E-state index in [0.29, 0.717) is 12.3 Å². The Balaban J connectivity index is 1.80. The molecule has 0 spiro atoms. The van der Waals surface area contributed by atoms with Gasteiger partial charge in [-0.05, 0) is 38.8 Å². The predicted molar refractivity (Wildman–Crippen MR) is 65.2 cm³/mol. The van der Waals surface area contributed by atoms with Crippen LogP contribution in [0.5, 0.6) is 0 Å². The molecule has 0 bridgehead atoms. The molecule has 16 heavy (non-hydrogen) atoms. The fourth-order valence-corrected chi connectivity index (χ4v) is 3.61. The van der Waals surface area contributed by atoms with Crippen LogP contribution in [0.3, 0.4) is 0 Å². The van der Waals surface area contributed by atoms with E-state index in [1.165, 1.54) is 0 Å². The lowest BCUT2D eigenvalue weighted by Gasteiger charge is -2.17. The molecule has 94 valence electrons. The van der Waals surface area contributed by atoms with E-state index in [-0.39, 0.29) is 5.25 Å². The summed E-state index contributed by atoms with van der Waals surface area (Å²) in [5.74, 6) is 1.82. The molecule has 2 saturated heterocycles. The van der Waals surface area contributed by atoms with Crippen LogP contribution < -0.4 is 5.32 Å². The molecular weight excluding hydrogens is 224 g/mol. The number of fused-ring (bicyclic) bond motifs is 1. The van der Waals surface area contributed by atoms with E-state index in [0.717, 1.165) is 38.0 Å². The van der Waals surface area contributed by atoms with Crippen LogP contribution in [0.1, 0.15) is 13.8 Å². The molecule has 2 fully saturated rings. The second kappa shape index (κ2) is 4.63. The fourth-order valence-electron chi connectivity index (χ4n) is 2.63. The Morgan fingerprint density at radius 2 is 1.81 bits per heavy atom. The molecule has 0 aliphatic carbocycles. The number of nitrogens with one attached hydrogen (secondary N) is 1. The molecule has 0 aromatic heterocycles. The van der Waals surface area contributed by atoms with Gasteiger partial charge in [-0.2, -0.15) is 0 Å². The second-order valence-electron chi connectivity index (χ2n) is 5.35. The first-order chi connectivity index (χ1) is 7.49. The van der Waals surface area contributed by atoms with Crippen molar-refractivity contribution < 1.29 is 8.42 Å². The summed E-state index contributed by atoms with van der Waals surface area (Å²) in [7, 11) is -2.87. The summed E-state index contributed by atoms with van der Waals surface area (Å²) < 4.78 is 23.4. The first kappa shape index (κ1) is 12.3. The second-order valence-corrected chi connectivity index (χ2v) is 8.03. The van der Waals surface area contributed by atoms with Crippen molar-refractivity contribution >= 4 is 9.84 Å². The molecule has 0 aromatic rings. The topological polar surface area (TPSA) is 49.4 Å². The highest BCUT2D eigenvalue weighted by atomic mass is 32.2. The first-order valence-corrected chi connectivity index (χ1v) is 7.85. The molecule has 0 saturated carbocycles. The van der Waals surface area contributed by atoms with E-state index in [2.05, 4.69) is 10.2 Å². The third-order valence-corrected chi connectivity index (χ3v) is 6.06. The highest BCUT2D eigenvalue weighted by Gasteiger charge is 2.36. The molecule has 2 aliphatic heterocycles. The Morgan fingerprint density at radius 1 is 1.25 bits per heavy atom. The number of likely N-dealkylation sites (tertiary alicyclic amines) is 1. The normalized spacial score (nSPS) is 31.2. The van der Waals surface area contributed by atoms with E-state index < -0.39 is 9.84 Å². The summed E-state index contributed by atoms with van der Waals surface area (Å²) in [4.78, 5) is 2.32. The minimum Gasteiger partial charge on any atom is -0.316 e. The maximum Gasteiger partial charge on any atom is 0.153 e. The van der Waals surface area contributed by atoms with Crippen molar-refractivity contribution in [1.29, 1.82) is 0 Å². The minimum atomic E-state index is -2.87. The maximum absolute atomic E-state index is 11.7. The smallest absolute Gasteiger partial charge is 0.153 e. The predicted octanol–water partition coefficient (Wildman–Crippen LogP) is -0.0392. The van der Waals surface area contributed by atoms with Crippen LogP contribution in [0.25, 0.3) is 0 Å². The molecule has 0 aromatic carbocycles. The summed E-state index contributed by atoms with van der Waals surface area (Å²) >= 11 is 0. The van der Waals surface area contributed by atoms with E-state index in [1.54, 1.807) is 13.8 Å². The maximum atomic E-state index is 11.7. The Bertz CT molecular complexity index is 328. The third-order valence-electron chi connectivity index (χ3n) is 3.88. The number of nitrogens with zero attached hydrogens (tertiary/aromatic N) is 1. The van der Waals surface area contributed by atoms with Crippen molar-refractivity contribution in [3.05, 3.63) is 0 Å². The fraction of sp³-hybridized carbons (Fsp3) is 1.00. The van der Waals surface area contributed by atoms with Gasteiger partial charge in [0.15, 0.2) is 9.84 Å².